The number of nitrogens with zero attached hydrogens (tertiary/aromatic N) is 1. The maximum atomic E-state index is 13.0. The molecular formula is C23H23NO2S2. The normalized spacial score (nSPS) is 19.4. The highest BCUT2D eigenvalue weighted by atomic mass is 32.2. The number of benzene rings is 2. The van der Waals surface area contributed by atoms with Crippen molar-refractivity contribution in [3.05, 3.63) is 70.6 Å². The summed E-state index contributed by atoms with van der Waals surface area (Å²) in [5, 5.41) is 0. The number of ether oxygens (including phenoxy) is 1. The zero-order valence-electron chi connectivity index (χ0n) is 15.7. The summed E-state index contributed by atoms with van der Waals surface area (Å²) < 4.78 is 6.71. The number of thiocarbonyl (C=S) groups is 1. The summed E-state index contributed by atoms with van der Waals surface area (Å²) >= 11 is 6.94. The van der Waals surface area contributed by atoms with Gasteiger partial charge in [-0.3, -0.25) is 9.69 Å². The zero-order valence-corrected chi connectivity index (χ0v) is 17.3. The minimum Gasteiger partial charge on any atom is -0.488 e. The summed E-state index contributed by atoms with van der Waals surface area (Å²) in [5.74, 6) is 0.814. The van der Waals surface area contributed by atoms with E-state index >= 15 is 0 Å². The van der Waals surface area contributed by atoms with E-state index in [2.05, 4.69) is 0 Å². The van der Waals surface area contributed by atoms with Crippen molar-refractivity contribution in [3.8, 4) is 5.75 Å². The van der Waals surface area contributed by atoms with Gasteiger partial charge in [-0.15, -0.1) is 0 Å². The summed E-state index contributed by atoms with van der Waals surface area (Å²) in [6.07, 6.45) is 7.64. The summed E-state index contributed by atoms with van der Waals surface area (Å²) in [7, 11) is 0. The highest BCUT2D eigenvalue weighted by molar-refractivity contribution is 8.26. The molecule has 0 radical (unpaired) electrons. The molecule has 1 aliphatic carbocycles. The third-order valence-corrected chi connectivity index (χ3v) is 6.54. The lowest BCUT2D eigenvalue weighted by molar-refractivity contribution is -0.124. The monoisotopic (exact) mass is 409 g/mol. The summed E-state index contributed by atoms with van der Waals surface area (Å²) in [4.78, 5) is 15.6. The molecule has 1 heterocycles. The van der Waals surface area contributed by atoms with E-state index in [9.17, 15) is 4.79 Å². The van der Waals surface area contributed by atoms with Gasteiger partial charge >= 0.3 is 0 Å². The third-order valence-electron chi connectivity index (χ3n) is 5.21. The second kappa shape index (κ2) is 8.93. The Hall–Kier alpha value is -2.11. The van der Waals surface area contributed by atoms with Crippen LogP contribution in [0.25, 0.3) is 6.08 Å². The molecule has 0 bridgehead atoms. The summed E-state index contributed by atoms with van der Waals surface area (Å²) in [6.45, 7) is 0.495. The molecule has 1 aliphatic heterocycles. The predicted octanol–water partition coefficient (Wildman–Crippen LogP) is 5.80. The van der Waals surface area contributed by atoms with Crippen LogP contribution < -0.4 is 4.74 Å². The van der Waals surface area contributed by atoms with Gasteiger partial charge in [0.1, 0.15) is 16.7 Å². The first kappa shape index (κ1) is 19.2. The van der Waals surface area contributed by atoms with Gasteiger partial charge < -0.3 is 4.74 Å². The van der Waals surface area contributed by atoms with Crippen molar-refractivity contribution in [1.29, 1.82) is 0 Å². The van der Waals surface area contributed by atoms with Crippen molar-refractivity contribution >= 4 is 40.3 Å². The van der Waals surface area contributed by atoms with E-state index in [0.717, 1.165) is 29.7 Å². The van der Waals surface area contributed by atoms with Gasteiger partial charge in [-0.1, -0.05) is 91.8 Å². The maximum Gasteiger partial charge on any atom is 0.266 e. The second-order valence-corrected chi connectivity index (χ2v) is 8.83. The Labute approximate surface area is 175 Å². The second-order valence-electron chi connectivity index (χ2n) is 7.16. The maximum absolute atomic E-state index is 13.0. The first-order valence-electron chi connectivity index (χ1n) is 9.75. The minimum absolute atomic E-state index is 0.0414. The quantitative estimate of drug-likeness (QED) is 0.461. The number of para-hydroxylation sites is 1. The molecule has 0 unspecified atom stereocenters. The molecule has 0 atom stereocenters. The van der Waals surface area contributed by atoms with Crippen molar-refractivity contribution in [2.75, 3.05) is 0 Å². The molecule has 2 aromatic carbocycles. The molecule has 1 saturated carbocycles. The Morgan fingerprint density at radius 3 is 2.54 bits per heavy atom. The Kier molecular flexibility index (Phi) is 6.13. The average molecular weight is 410 g/mol. The van der Waals surface area contributed by atoms with Crippen molar-refractivity contribution in [1.82, 2.24) is 4.90 Å². The van der Waals surface area contributed by atoms with E-state index in [1.54, 1.807) is 0 Å². The van der Waals surface area contributed by atoms with Crippen molar-refractivity contribution in [3.63, 3.8) is 0 Å². The molecule has 2 fully saturated rings. The van der Waals surface area contributed by atoms with Gasteiger partial charge in [0.2, 0.25) is 0 Å². The highest BCUT2D eigenvalue weighted by Gasteiger charge is 2.37. The van der Waals surface area contributed by atoms with Crippen LogP contribution in [-0.4, -0.2) is 21.2 Å². The summed E-state index contributed by atoms with van der Waals surface area (Å²) in [5.41, 5.74) is 2.02. The molecule has 4 rings (SSSR count). The predicted molar refractivity (Wildman–Crippen MR) is 119 cm³/mol. The fraction of sp³-hybridized carbons (Fsp3) is 0.304. The molecule has 28 heavy (non-hydrogen) atoms. The SMILES string of the molecule is O=C1C(=Cc2ccccc2OCc2ccccc2)SC(=S)N1C1CCCCC1. The van der Waals surface area contributed by atoms with Gasteiger partial charge in [-0.25, -0.2) is 0 Å². The molecular weight excluding hydrogens is 386 g/mol. The van der Waals surface area contributed by atoms with E-state index < -0.39 is 0 Å². The van der Waals surface area contributed by atoms with Crippen molar-refractivity contribution in [2.45, 2.75) is 44.8 Å². The number of hydrogen-bond acceptors (Lipinski definition) is 4. The number of thioether (sulfide) groups is 1. The zero-order chi connectivity index (χ0) is 19.3. The van der Waals surface area contributed by atoms with Gasteiger partial charge in [-0.2, -0.15) is 0 Å². The van der Waals surface area contributed by atoms with Gasteiger partial charge in [0.25, 0.3) is 5.91 Å². The van der Waals surface area contributed by atoms with E-state index in [1.165, 1.54) is 31.0 Å². The van der Waals surface area contributed by atoms with Crippen LogP contribution in [-0.2, 0) is 11.4 Å². The number of hydrogen-bond donors (Lipinski definition) is 0. The van der Waals surface area contributed by atoms with E-state index in [0.29, 0.717) is 15.8 Å². The van der Waals surface area contributed by atoms with Crippen LogP contribution in [0, 0.1) is 0 Å². The fourth-order valence-electron chi connectivity index (χ4n) is 3.74. The van der Waals surface area contributed by atoms with Crippen LogP contribution in [0.1, 0.15) is 43.2 Å². The molecule has 1 saturated heterocycles. The molecule has 2 aliphatic rings. The molecule has 3 nitrogen and oxygen atoms in total. The Morgan fingerprint density at radius 1 is 1.04 bits per heavy atom. The van der Waals surface area contributed by atoms with Crippen LogP contribution in [0.2, 0.25) is 0 Å². The molecule has 0 N–H and O–H groups in total. The smallest absolute Gasteiger partial charge is 0.266 e. The summed E-state index contributed by atoms with van der Waals surface area (Å²) in [6, 6.07) is 18.2. The van der Waals surface area contributed by atoms with Crippen molar-refractivity contribution in [2.24, 2.45) is 0 Å². The largest absolute Gasteiger partial charge is 0.488 e. The van der Waals surface area contributed by atoms with Gasteiger partial charge in [-0.05, 0) is 30.5 Å². The Balaban J connectivity index is 1.52. The first-order chi connectivity index (χ1) is 13.7. The number of rotatable bonds is 5. The number of carbonyl (C=O) groups is 1. The molecule has 1 amide bonds. The van der Waals surface area contributed by atoms with Crippen LogP contribution in [0.15, 0.2) is 59.5 Å². The highest BCUT2D eigenvalue weighted by Crippen LogP contribution is 2.38. The Morgan fingerprint density at radius 2 is 1.75 bits per heavy atom. The first-order valence-corrected chi connectivity index (χ1v) is 11.0. The van der Waals surface area contributed by atoms with Gasteiger partial charge in [0.15, 0.2) is 0 Å². The lowest BCUT2D eigenvalue weighted by Crippen LogP contribution is -2.39. The molecule has 2 aromatic rings. The van der Waals surface area contributed by atoms with Gasteiger partial charge in [0.05, 0.1) is 4.91 Å². The lowest BCUT2D eigenvalue weighted by atomic mass is 9.94. The fourth-order valence-corrected chi connectivity index (χ4v) is 5.13. The van der Waals surface area contributed by atoms with E-state index in [4.69, 9.17) is 17.0 Å². The van der Waals surface area contributed by atoms with Crippen LogP contribution >= 0.6 is 24.0 Å². The topological polar surface area (TPSA) is 29.5 Å². The number of amides is 1. The lowest BCUT2D eigenvalue weighted by Gasteiger charge is -2.29. The van der Waals surface area contributed by atoms with E-state index in [-0.39, 0.29) is 11.9 Å². The molecule has 144 valence electrons. The third kappa shape index (κ3) is 4.31. The van der Waals surface area contributed by atoms with Gasteiger partial charge in [0, 0.05) is 11.6 Å². The van der Waals surface area contributed by atoms with Crippen LogP contribution in [0.4, 0.5) is 0 Å². The Bertz CT molecular complexity index is 888. The minimum atomic E-state index is 0.0414. The van der Waals surface area contributed by atoms with Crippen LogP contribution in [0.5, 0.6) is 5.75 Å². The average Bonchev–Trinajstić information content (AvgIpc) is 3.02. The van der Waals surface area contributed by atoms with Crippen LogP contribution in [0.3, 0.4) is 0 Å². The van der Waals surface area contributed by atoms with Crippen molar-refractivity contribution < 1.29 is 9.53 Å². The molecule has 0 aromatic heterocycles. The standard InChI is InChI=1S/C23H23NO2S2/c25-22-21(28-23(27)24(22)19-12-5-2-6-13-19)15-18-11-7-8-14-20(18)26-16-17-9-3-1-4-10-17/h1,3-4,7-11,14-15,19H,2,5-6,12-13,16H2. The molecule has 0 spiro atoms. The number of carbonyl (C=O) groups excluding carboxylic acids is 1. The van der Waals surface area contributed by atoms with E-state index in [1.807, 2.05) is 65.6 Å². The molecule has 5 heteroatoms.